The van der Waals surface area contributed by atoms with E-state index in [0.29, 0.717) is 17.1 Å². The molecule has 0 saturated carbocycles. The van der Waals surface area contributed by atoms with Crippen LogP contribution in [0.25, 0.3) is 0 Å². The highest BCUT2D eigenvalue weighted by atomic mass is 32.2. The van der Waals surface area contributed by atoms with E-state index < -0.39 is 10.0 Å². The number of sulfonamides is 1. The number of nitrogens with zero attached hydrogens (tertiary/aromatic N) is 1. The molecule has 0 fully saturated rings. The molecule has 6 nitrogen and oxygen atoms in total. The molecule has 7 heteroatoms. The van der Waals surface area contributed by atoms with E-state index in [0.717, 1.165) is 11.1 Å². The molecular weight excluding hydrogens is 328 g/mol. The van der Waals surface area contributed by atoms with Gasteiger partial charge in [-0.3, -0.25) is 9.52 Å². The van der Waals surface area contributed by atoms with Gasteiger partial charge in [-0.2, -0.15) is 0 Å². The van der Waals surface area contributed by atoms with E-state index in [-0.39, 0.29) is 17.4 Å². The maximum atomic E-state index is 12.6. The second-order valence-electron chi connectivity index (χ2n) is 5.78. The van der Waals surface area contributed by atoms with E-state index in [1.165, 1.54) is 17.0 Å². The summed E-state index contributed by atoms with van der Waals surface area (Å²) in [6.07, 6.45) is 0. The molecule has 3 rings (SSSR count). The van der Waals surface area contributed by atoms with Crippen molar-refractivity contribution < 1.29 is 17.9 Å². The zero-order valence-electron chi connectivity index (χ0n) is 13.7. The Bertz CT molecular complexity index is 922. The lowest BCUT2D eigenvalue weighted by atomic mass is 10.1. The predicted molar refractivity (Wildman–Crippen MR) is 92.1 cm³/mol. The third-order valence-corrected chi connectivity index (χ3v) is 5.47. The van der Waals surface area contributed by atoms with Crippen molar-refractivity contribution in [3.8, 4) is 5.75 Å². The van der Waals surface area contributed by atoms with Gasteiger partial charge in [0.1, 0.15) is 5.75 Å². The molecule has 0 spiro atoms. The second-order valence-corrected chi connectivity index (χ2v) is 7.46. The van der Waals surface area contributed by atoms with Crippen molar-refractivity contribution in [2.45, 2.75) is 18.7 Å². The molecule has 126 valence electrons. The molecule has 0 saturated heterocycles. The third-order valence-electron chi connectivity index (χ3n) is 4.09. The summed E-state index contributed by atoms with van der Waals surface area (Å²) in [5.74, 6) is 0.265. The number of aryl methyl sites for hydroxylation is 2. The molecule has 0 aromatic heterocycles. The normalized spacial score (nSPS) is 14.1. The number of rotatable bonds is 3. The molecule has 1 aliphatic heterocycles. The number of carbonyl (C=O) groups is 1. The van der Waals surface area contributed by atoms with Gasteiger partial charge >= 0.3 is 0 Å². The second kappa shape index (κ2) is 5.83. The maximum Gasteiger partial charge on any atom is 0.264 e. The van der Waals surface area contributed by atoms with Crippen LogP contribution in [0.4, 0.5) is 11.4 Å². The van der Waals surface area contributed by atoms with Crippen LogP contribution in [0.15, 0.2) is 41.3 Å². The zero-order valence-corrected chi connectivity index (χ0v) is 14.5. The lowest BCUT2D eigenvalue weighted by molar-refractivity contribution is -0.120. The highest BCUT2D eigenvalue weighted by Gasteiger charge is 2.25. The molecule has 24 heavy (non-hydrogen) atoms. The third kappa shape index (κ3) is 2.94. The first-order valence-electron chi connectivity index (χ1n) is 7.41. The molecule has 1 aliphatic rings. The number of ether oxygens (including phenoxy) is 1. The zero-order chi connectivity index (χ0) is 17.5. The number of anilines is 2. The quantitative estimate of drug-likeness (QED) is 0.926. The standard InChI is InChI=1S/C17H18N2O4S/c1-11-4-5-13(8-12(11)2)18-24(21,22)14-6-7-16-15(9-14)19(3)17(20)10-23-16/h4-9,18H,10H2,1-3H3. The maximum absolute atomic E-state index is 12.6. The van der Waals surface area contributed by atoms with E-state index in [9.17, 15) is 13.2 Å². The van der Waals surface area contributed by atoms with Gasteiger partial charge < -0.3 is 9.64 Å². The van der Waals surface area contributed by atoms with Crippen molar-refractivity contribution in [3.63, 3.8) is 0 Å². The summed E-state index contributed by atoms with van der Waals surface area (Å²) in [6, 6.07) is 9.83. The Morgan fingerprint density at radius 1 is 1.08 bits per heavy atom. The van der Waals surface area contributed by atoms with Crippen LogP contribution in [0.3, 0.4) is 0 Å². The number of fused-ring (bicyclic) bond motifs is 1. The number of carbonyl (C=O) groups excluding carboxylic acids is 1. The number of amides is 1. The Morgan fingerprint density at radius 2 is 1.83 bits per heavy atom. The van der Waals surface area contributed by atoms with Crippen molar-refractivity contribution in [1.29, 1.82) is 0 Å². The van der Waals surface area contributed by atoms with Crippen molar-refractivity contribution >= 4 is 27.3 Å². The first-order valence-corrected chi connectivity index (χ1v) is 8.90. The predicted octanol–water partition coefficient (Wildman–Crippen LogP) is 2.46. The molecular formula is C17H18N2O4S. The summed E-state index contributed by atoms with van der Waals surface area (Å²) in [4.78, 5) is 13.2. The van der Waals surface area contributed by atoms with Gasteiger partial charge in [-0.25, -0.2) is 8.42 Å². The van der Waals surface area contributed by atoms with Gasteiger partial charge in [0.05, 0.1) is 10.6 Å². The van der Waals surface area contributed by atoms with Crippen molar-refractivity contribution in [3.05, 3.63) is 47.5 Å². The smallest absolute Gasteiger partial charge is 0.264 e. The molecule has 2 aromatic rings. The fourth-order valence-corrected chi connectivity index (χ4v) is 3.51. The van der Waals surface area contributed by atoms with Gasteiger partial charge in [0.2, 0.25) is 0 Å². The fourth-order valence-electron chi connectivity index (χ4n) is 2.44. The highest BCUT2D eigenvalue weighted by molar-refractivity contribution is 7.92. The van der Waals surface area contributed by atoms with E-state index in [2.05, 4.69) is 4.72 Å². The van der Waals surface area contributed by atoms with Crippen LogP contribution in [0, 0.1) is 13.8 Å². The first kappa shape index (κ1) is 16.3. The van der Waals surface area contributed by atoms with E-state index in [1.807, 2.05) is 19.9 Å². The Hall–Kier alpha value is -2.54. The summed E-state index contributed by atoms with van der Waals surface area (Å²) >= 11 is 0. The Morgan fingerprint density at radius 3 is 2.54 bits per heavy atom. The minimum Gasteiger partial charge on any atom is -0.482 e. The monoisotopic (exact) mass is 346 g/mol. The molecule has 1 heterocycles. The first-order chi connectivity index (χ1) is 11.3. The molecule has 1 N–H and O–H groups in total. The molecule has 0 atom stereocenters. The Balaban J connectivity index is 1.95. The number of hydrogen-bond acceptors (Lipinski definition) is 4. The summed E-state index contributed by atoms with van der Waals surface area (Å²) in [5.41, 5.74) is 3.02. The lowest BCUT2D eigenvalue weighted by Gasteiger charge is -2.26. The average molecular weight is 346 g/mol. The molecule has 0 bridgehead atoms. The van der Waals surface area contributed by atoms with E-state index >= 15 is 0 Å². The molecule has 1 amide bonds. The fraction of sp³-hybridized carbons (Fsp3) is 0.235. The van der Waals surface area contributed by atoms with Crippen LogP contribution in [-0.4, -0.2) is 28.0 Å². The lowest BCUT2D eigenvalue weighted by Crippen LogP contribution is -2.35. The average Bonchev–Trinajstić information content (AvgIpc) is 2.54. The van der Waals surface area contributed by atoms with Crippen molar-refractivity contribution in [1.82, 2.24) is 0 Å². The Labute approximate surface area is 141 Å². The van der Waals surface area contributed by atoms with E-state index in [1.54, 1.807) is 25.2 Å². The minimum absolute atomic E-state index is 0.0451. The minimum atomic E-state index is -3.76. The number of nitrogens with one attached hydrogen (secondary N) is 1. The van der Waals surface area contributed by atoms with Gasteiger partial charge in [-0.1, -0.05) is 6.07 Å². The largest absolute Gasteiger partial charge is 0.482 e. The van der Waals surface area contributed by atoms with Crippen LogP contribution in [0.1, 0.15) is 11.1 Å². The van der Waals surface area contributed by atoms with Crippen LogP contribution in [-0.2, 0) is 14.8 Å². The van der Waals surface area contributed by atoms with Crippen LogP contribution < -0.4 is 14.4 Å². The topological polar surface area (TPSA) is 75.7 Å². The summed E-state index contributed by atoms with van der Waals surface area (Å²) in [6.45, 7) is 3.84. The van der Waals surface area contributed by atoms with Crippen molar-refractivity contribution in [2.24, 2.45) is 0 Å². The van der Waals surface area contributed by atoms with Gasteiger partial charge in [0, 0.05) is 12.7 Å². The van der Waals surface area contributed by atoms with Gasteiger partial charge in [-0.05, 0) is 55.3 Å². The molecule has 2 aromatic carbocycles. The molecule has 0 aliphatic carbocycles. The summed E-state index contributed by atoms with van der Waals surface area (Å²) in [5, 5.41) is 0. The highest BCUT2D eigenvalue weighted by Crippen LogP contribution is 2.33. The SMILES string of the molecule is Cc1ccc(NS(=O)(=O)c2ccc3c(c2)N(C)C(=O)CO3)cc1C. The molecule has 0 radical (unpaired) electrons. The van der Waals surface area contributed by atoms with Gasteiger partial charge in [0.25, 0.3) is 15.9 Å². The number of likely N-dealkylation sites (N-methyl/N-ethyl adjacent to an activating group) is 1. The van der Waals surface area contributed by atoms with Gasteiger partial charge in [0.15, 0.2) is 6.61 Å². The van der Waals surface area contributed by atoms with Crippen LogP contribution >= 0.6 is 0 Å². The van der Waals surface area contributed by atoms with Gasteiger partial charge in [-0.15, -0.1) is 0 Å². The summed E-state index contributed by atoms with van der Waals surface area (Å²) < 4.78 is 33.1. The van der Waals surface area contributed by atoms with E-state index in [4.69, 9.17) is 4.74 Å². The number of hydrogen-bond donors (Lipinski definition) is 1. The van der Waals surface area contributed by atoms with Crippen LogP contribution in [0.2, 0.25) is 0 Å². The summed E-state index contributed by atoms with van der Waals surface area (Å²) in [7, 11) is -2.17. The van der Waals surface area contributed by atoms with Crippen LogP contribution in [0.5, 0.6) is 5.75 Å². The Kier molecular flexibility index (Phi) is 3.96. The molecule has 0 unspecified atom stereocenters. The number of benzene rings is 2. The van der Waals surface area contributed by atoms with Crippen molar-refractivity contribution in [2.75, 3.05) is 23.3 Å².